The summed E-state index contributed by atoms with van der Waals surface area (Å²) in [4.78, 5) is 5.64. The molecule has 2 rings (SSSR count). The maximum atomic E-state index is 4.54. The molecule has 0 aliphatic carbocycles. The first-order chi connectivity index (χ1) is 8.22. The van der Waals surface area contributed by atoms with Crippen LogP contribution < -0.4 is 5.32 Å². The summed E-state index contributed by atoms with van der Waals surface area (Å²) < 4.78 is 2.19. The molecule has 2 aromatic rings. The first-order valence-corrected chi connectivity index (χ1v) is 8.10. The Morgan fingerprint density at radius 3 is 3.18 bits per heavy atom. The molecular weight excluding hydrogens is 250 g/mol. The molecule has 0 aromatic carbocycles. The second-order valence-corrected chi connectivity index (χ2v) is 6.17. The molecule has 0 radical (unpaired) electrons. The summed E-state index contributed by atoms with van der Waals surface area (Å²) in [6.45, 7) is 6.34. The summed E-state index contributed by atoms with van der Waals surface area (Å²) in [6, 6.07) is 0. The number of hydrogen-bond acceptors (Lipinski definition) is 4. The first-order valence-electron chi connectivity index (χ1n) is 5.83. The average molecular weight is 269 g/mol. The summed E-state index contributed by atoms with van der Waals surface area (Å²) >= 11 is 3.60. The third-order valence-electron chi connectivity index (χ3n) is 2.80. The minimum atomic E-state index is 0.719. The van der Waals surface area contributed by atoms with Gasteiger partial charge >= 0.3 is 0 Å². The molecule has 3 nitrogen and oxygen atoms in total. The number of thiazole rings is 1. The van der Waals surface area contributed by atoms with Crippen LogP contribution in [-0.2, 0) is 6.54 Å². The van der Waals surface area contributed by atoms with E-state index in [2.05, 4.69) is 46.4 Å². The average Bonchev–Trinajstić information content (AvgIpc) is 2.82. The molecular formula is C12H19N3S2. The third kappa shape index (κ3) is 3.03. The van der Waals surface area contributed by atoms with Crippen molar-refractivity contribution in [2.75, 3.05) is 18.6 Å². The normalized spacial score (nSPS) is 13.4. The van der Waals surface area contributed by atoms with Gasteiger partial charge in [0.1, 0.15) is 0 Å². The van der Waals surface area contributed by atoms with Crippen molar-refractivity contribution >= 4 is 28.1 Å². The Balaban J connectivity index is 1.94. The Labute approximate surface area is 111 Å². The lowest BCUT2D eigenvalue weighted by atomic mass is 10.2. The minimum absolute atomic E-state index is 0.719. The van der Waals surface area contributed by atoms with Crippen molar-refractivity contribution in [3.8, 4) is 0 Å². The highest BCUT2D eigenvalue weighted by Gasteiger charge is 2.09. The summed E-state index contributed by atoms with van der Waals surface area (Å²) in [7, 11) is 0. The zero-order valence-corrected chi connectivity index (χ0v) is 12.2. The van der Waals surface area contributed by atoms with E-state index in [0.717, 1.165) is 29.7 Å². The fourth-order valence-corrected chi connectivity index (χ4v) is 3.40. The molecule has 0 saturated heterocycles. The number of rotatable bonds is 6. The van der Waals surface area contributed by atoms with Gasteiger partial charge in [-0.05, 0) is 31.4 Å². The van der Waals surface area contributed by atoms with E-state index in [1.54, 1.807) is 11.3 Å². The van der Waals surface area contributed by atoms with Crippen molar-refractivity contribution in [1.29, 1.82) is 0 Å². The second-order valence-electron chi connectivity index (χ2n) is 4.39. The number of fused-ring (bicyclic) bond motifs is 1. The number of thioether (sulfide) groups is 1. The van der Waals surface area contributed by atoms with E-state index in [1.165, 1.54) is 11.4 Å². The largest absolute Gasteiger partial charge is 0.311 e. The molecule has 1 unspecified atom stereocenters. The molecule has 17 heavy (non-hydrogen) atoms. The Bertz CT molecular complexity index is 475. The molecule has 0 aliphatic heterocycles. The van der Waals surface area contributed by atoms with Gasteiger partial charge in [-0.3, -0.25) is 4.40 Å². The van der Waals surface area contributed by atoms with Crippen LogP contribution in [-0.4, -0.2) is 27.9 Å². The fourth-order valence-electron chi connectivity index (χ4n) is 1.93. The predicted molar refractivity (Wildman–Crippen MR) is 77.1 cm³/mol. The third-order valence-corrected chi connectivity index (χ3v) is 4.46. The number of aromatic nitrogens is 2. The van der Waals surface area contributed by atoms with Gasteiger partial charge in [-0.25, -0.2) is 4.98 Å². The molecule has 0 aliphatic rings. The molecule has 0 fully saturated rings. The molecule has 2 aromatic heterocycles. The van der Waals surface area contributed by atoms with Gasteiger partial charge in [0.05, 0.1) is 11.4 Å². The van der Waals surface area contributed by atoms with Crippen LogP contribution in [0.2, 0.25) is 0 Å². The Kier molecular flexibility index (Phi) is 4.48. The van der Waals surface area contributed by atoms with Gasteiger partial charge < -0.3 is 5.32 Å². The molecule has 0 saturated carbocycles. The van der Waals surface area contributed by atoms with E-state index in [0.29, 0.717) is 0 Å². The van der Waals surface area contributed by atoms with E-state index in [9.17, 15) is 0 Å². The summed E-state index contributed by atoms with van der Waals surface area (Å²) in [5.41, 5.74) is 2.43. The van der Waals surface area contributed by atoms with Crippen LogP contribution in [0.1, 0.15) is 18.3 Å². The molecule has 2 heterocycles. The van der Waals surface area contributed by atoms with E-state index < -0.39 is 0 Å². The van der Waals surface area contributed by atoms with Crippen LogP contribution in [0.25, 0.3) is 4.96 Å². The molecule has 0 bridgehead atoms. The van der Waals surface area contributed by atoms with E-state index in [-0.39, 0.29) is 0 Å². The van der Waals surface area contributed by atoms with Gasteiger partial charge in [-0.1, -0.05) is 6.92 Å². The lowest BCUT2D eigenvalue weighted by Gasteiger charge is -2.11. The van der Waals surface area contributed by atoms with Crippen LogP contribution in [0.15, 0.2) is 11.6 Å². The number of imidazole rings is 1. The van der Waals surface area contributed by atoms with Crippen molar-refractivity contribution < 1.29 is 0 Å². The van der Waals surface area contributed by atoms with Crippen LogP contribution >= 0.6 is 23.1 Å². The van der Waals surface area contributed by atoms with Gasteiger partial charge in [0.2, 0.25) is 0 Å². The lowest BCUT2D eigenvalue weighted by molar-refractivity contribution is 0.553. The Morgan fingerprint density at radius 1 is 1.59 bits per heavy atom. The van der Waals surface area contributed by atoms with Gasteiger partial charge in [-0.15, -0.1) is 11.3 Å². The summed E-state index contributed by atoms with van der Waals surface area (Å²) in [5.74, 6) is 1.93. The molecule has 0 spiro atoms. The van der Waals surface area contributed by atoms with Crippen molar-refractivity contribution in [1.82, 2.24) is 14.7 Å². The molecule has 1 N–H and O–H groups in total. The van der Waals surface area contributed by atoms with Crippen molar-refractivity contribution in [3.63, 3.8) is 0 Å². The van der Waals surface area contributed by atoms with Gasteiger partial charge in [0.15, 0.2) is 4.96 Å². The zero-order chi connectivity index (χ0) is 12.3. The topological polar surface area (TPSA) is 29.3 Å². The predicted octanol–water partition coefficient (Wildman–Crippen LogP) is 2.79. The highest BCUT2D eigenvalue weighted by Crippen LogP contribution is 2.16. The SMILES string of the molecule is CSCC(C)CNCc1c(C)nc2sccn12. The quantitative estimate of drug-likeness (QED) is 0.874. The standard InChI is InChI=1S/C12H19N3S2/c1-9(8-16-3)6-13-7-11-10(2)14-12-15(11)4-5-17-12/h4-5,9,13H,6-8H2,1-3H3. The highest BCUT2D eigenvalue weighted by atomic mass is 32.2. The maximum Gasteiger partial charge on any atom is 0.194 e. The van der Waals surface area contributed by atoms with Crippen molar-refractivity contribution in [2.24, 2.45) is 5.92 Å². The minimum Gasteiger partial charge on any atom is -0.311 e. The lowest BCUT2D eigenvalue weighted by Crippen LogP contribution is -2.23. The van der Waals surface area contributed by atoms with Crippen LogP contribution in [0.5, 0.6) is 0 Å². The monoisotopic (exact) mass is 269 g/mol. The molecule has 5 heteroatoms. The zero-order valence-electron chi connectivity index (χ0n) is 10.6. The van der Waals surface area contributed by atoms with Gasteiger partial charge in [0, 0.05) is 18.1 Å². The fraction of sp³-hybridized carbons (Fsp3) is 0.583. The van der Waals surface area contributed by atoms with Crippen LogP contribution in [0.3, 0.4) is 0 Å². The molecule has 94 valence electrons. The number of nitrogens with one attached hydrogen (secondary N) is 1. The summed E-state index contributed by atoms with van der Waals surface area (Å²) in [5, 5.41) is 5.61. The highest BCUT2D eigenvalue weighted by molar-refractivity contribution is 7.98. The van der Waals surface area contributed by atoms with E-state index in [1.807, 2.05) is 11.8 Å². The van der Waals surface area contributed by atoms with Gasteiger partial charge in [-0.2, -0.15) is 11.8 Å². The van der Waals surface area contributed by atoms with Gasteiger partial charge in [0.25, 0.3) is 0 Å². The molecule has 1 atom stereocenters. The Morgan fingerprint density at radius 2 is 2.41 bits per heavy atom. The Hall–Kier alpha value is -0.520. The summed E-state index contributed by atoms with van der Waals surface area (Å²) in [6.07, 6.45) is 4.26. The van der Waals surface area contributed by atoms with E-state index >= 15 is 0 Å². The number of hydrogen-bond donors (Lipinski definition) is 1. The van der Waals surface area contributed by atoms with Crippen LogP contribution in [0.4, 0.5) is 0 Å². The number of nitrogens with zero attached hydrogens (tertiary/aromatic N) is 2. The van der Waals surface area contributed by atoms with E-state index in [4.69, 9.17) is 0 Å². The first kappa shape index (κ1) is 12.9. The smallest absolute Gasteiger partial charge is 0.194 e. The number of aryl methyl sites for hydroxylation is 1. The molecule has 0 amide bonds. The maximum absolute atomic E-state index is 4.54. The van der Waals surface area contributed by atoms with Crippen LogP contribution in [0, 0.1) is 12.8 Å². The van der Waals surface area contributed by atoms with Crippen molar-refractivity contribution in [2.45, 2.75) is 20.4 Å². The second kappa shape index (κ2) is 5.89. The van der Waals surface area contributed by atoms with Crippen molar-refractivity contribution in [3.05, 3.63) is 23.0 Å².